The smallest absolute Gasteiger partial charge is 0.332 e. The van der Waals surface area contributed by atoms with E-state index in [1.807, 2.05) is 13.0 Å². The molecule has 2 aliphatic heterocycles. The van der Waals surface area contributed by atoms with Crippen molar-refractivity contribution in [1.82, 2.24) is 19.0 Å². The van der Waals surface area contributed by atoms with E-state index in [0.717, 1.165) is 12.8 Å². The number of pyridine rings is 1. The van der Waals surface area contributed by atoms with Gasteiger partial charge in [0.2, 0.25) is 5.91 Å². The second-order valence-corrected chi connectivity index (χ2v) is 9.93. The highest BCUT2D eigenvalue weighted by Gasteiger charge is 2.34. The van der Waals surface area contributed by atoms with Gasteiger partial charge in [0.05, 0.1) is 23.9 Å². The fourth-order valence-corrected chi connectivity index (χ4v) is 4.89. The zero-order chi connectivity index (χ0) is 27.0. The molecule has 0 spiro atoms. The molecule has 1 aliphatic carbocycles. The molecule has 0 bridgehead atoms. The van der Waals surface area contributed by atoms with E-state index < -0.39 is 0 Å². The number of anilines is 1. The number of methoxy groups -OCH3 is 1. The van der Waals surface area contributed by atoms with Crippen LogP contribution in [0.15, 0.2) is 32.9 Å². The summed E-state index contributed by atoms with van der Waals surface area (Å²) in [6.07, 6.45) is 4.06. The maximum Gasteiger partial charge on any atom is 0.332 e. The van der Waals surface area contributed by atoms with Crippen molar-refractivity contribution in [2.24, 2.45) is 4.99 Å². The van der Waals surface area contributed by atoms with Crippen LogP contribution in [0.1, 0.15) is 43.4 Å². The Morgan fingerprint density at radius 1 is 1.24 bits per heavy atom. The summed E-state index contributed by atoms with van der Waals surface area (Å²) in [5.74, 6) is 0.478. The van der Waals surface area contributed by atoms with Crippen molar-refractivity contribution >= 4 is 29.2 Å². The number of carbonyl (C=O) groups excluding carboxylic acids is 2. The van der Waals surface area contributed by atoms with Gasteiger partial charge in [-0.3, -0.25) is 28.4 Å². The Hall–Kier alpha value is -3.64. The maximum atomic E-state index is 13.1. The lowest BCUT2D eigenvalue weighted by atomic mass is 10.1. The lowest BCUT2D eigenvalue weighted by Gasteiger charge is -2.33. The lowest BCUT2D eigenvalue weighted by molar-refractivity contribution is -0.146. The van der Waals surface area contributed by atoms with Crippen LogP contribution < -0.4 is 16.1 Å². The number of rotatable bonds is 9. The van der Waals surface area contributed by atoms with Gasteiger partial charge in [-0.25, -0.2) is 14.8 Å². The summed E-state index contributed by atoms with van der Waals surface area (Å²) in [6, 6.07) is 3.61. The fourth-order valence-electron chi connectivity index (χ4n) is 4.89. The van der Waals surface area contributed by atoms with Gasteiger partial charge < -0.3 is 14.4 Å². The third-order valence-electron chi connectivity index (χ3n) is 7.04. The van der Waals surface area contributed by atoms with Crippen molar-refractivity contribution < 1.29 is 19.1 Å². The molecule has 0 N–H and O–H groups in total. The first kappa shape index (κ1) is 26.0. The minimum absolute atomic E-state index is 0.0356. The predicted octanol–water partition coefficient (Wildman–Crippen LogP) is 0.663. The highest BCUT2D eigenvalue weighted by atomic mass is 16.5. The van der Waals surface area contributed by atoms with Gasteiger partial charge in [-0.15, -0.1) is 0 Å². The van der Waals surface area contributed by atoms with Gasteiger partial charge >= 0.3 is 5.69 Å². The second kappa shape index (κ2) is 10.6. The highest BCUT2D eigenvalue weighted by molar-refractivity contribution is 6.06. The minimum Gasteiger partial charge on any atom is -0.375 e. The Balaban J connectivity index is 1.41. The van der Waals surface area contributed by atoms with Gasteiger partial charge in [0, 0.05) is 51.5 Å². The Labute approximate surface area is 219 Å². The SMILES string of the molecule is CCCn1c(=O)c2c(n(C3CC3)c1=O)N=C(c1ccc(N(CC3CN(C)C(=O)CO3)C(=O)COC)nc1)C2. The van der Waals surface area contributed by atoms with Gasteiger partial charge in [-0.1, -0.05) is 6.92 Å². The van der Waals surface area contributed by atoms with E-state index in [9.17, 15) is 19.2 Å². The number of amides is 2. The summed E-state index contributed by atoms with van der Waals surface area (Å²) < 4.78 is 13.7. The molecule has 1 unspecified atom stereocenters. The van der Waals surface area contributed by atoms with E-state index in [-0.39, 0.29) is 55.0 Å². The van der Waals surface area contributed by atoms with Gasteiger partial charge in [-0.2, -0.15) is 0 Å². The first-order valence-corrected chi connectivity index (χ1v) is 12.9. The molecular weight excluding hydrogens is 492 g/mol. The monoisotopic (exact) mass is 524 g/mol. The summed E-state index contributed by atoms with van der Waals surface area (Å²) in [4.78, 5) is 63.1. The molecule has 5 rings (SSSR count). The first-order chi connectivity index (χ1) is 18.3. The van der Waals surface area contributed by atoms with E-state index in [1.165, 1.54) is 16.6 Å². The number of ether oxygens (including phenoxy) is 2. The molecule has 1 saturated carbocycles. The first-order valence-electron chi connectivity index (χ1n) is 12.9. The van der Waals surface area contributed by atoms with Crippen molar-refractivity contribution in [1.29, 1.82) is 0 Å². The summed E-state index contributed by atoms with van der Waals surface area (Å²) in [6.45, 7) is 2.73. The molecule has 2 amide bonds. The number of hydrogen-bond donors (Lipinski definition) is 0. The molecule has 2 fully saturated rings. The van der Waals surface area contributed by atoms with Crippen LogP contribution in [0.5, 0.6) is 0 Å². The molecule has 0 aromatic carbocycles. The summed E-state index contributed by atoms with van der Waals surface area (Å²) in [5, 5.41) is 0. The van der Waals surface area contributed by atoms with E-state index in [4.69, 9.17) is 14.5 Å². The third-order valence-corrected chi connectivity index (χ3v) is 7.04. The number of aliphatic imine (C=N–C) groups is 1. The molecule has 12 heteroatoms. The number of morpholine rings is 1. The molecule has 0 radical (unpaired) electrons. The van der Waals surface area contributed by atoms with Gasteiger partial charge in [0.25, 0.3) is 11.5 Å². The van der Waals surface area contributed by atoms with Gasteiger partial charge in [-0.05, 0) is 31.4 Å². The summed E-state index contributed by atoms with van der Waals surface area (Å²) in [5.41, 5.74) is 1.33. The van der Waals surface area contributed by atoms with E-state index in [1.54, 1.807) is 28.8 Å². The van der Waals surface area contributed by atoms with Crippen molar-refractivity contribution in [3.8, 4) is 0 Å². The molecule has 4 heterocycles. The molecule has 12 nitrogen and oxygen atoms in total. The molecule has 1 saturated heterocycles. The number of carbonyl (C=O) groups is 2. The topological polar surface area (TPSA) is 128 Å². The zero-order valence-corrected chi connectivity index (χ0v) is 21.9. The number of aromatic nitrogens is 3. The maximum absolute atomic E-state index is 13.1. The largest absolute Gasteiger partial charge is 0.375 e. The fraction of sp³-hybridized carbons (Fsp3) is 0.538. The molecule has 2 aromatic heterocycles. The van der Waals surface area contributed by atoms with E-state index >= 15 is 0 Å². The number of nitrogens with zero attached hydrogens (tertiary/aromatic N) is 6. The van der Waals surface area contributed by atoms with Crippen LogP contribution >= 0.6 is 0 Å². The van der Waals surface area contributed by atoms with Crippen molar-refractivity contribution in [2.75, 3.05) is 45.4 Å². The Morgan fingerprint density at radius 2 is 2.03 bits per heavy atom. The molecule has 38 heavy (non-hydrogen) atoms. The number of fused-ring (bicyclic) bond motifs is 1. The quantitative estimate of drug-likeness (QED) is 0.471. The molecule has 3 aliphatic rings. The number of hydrogen-bond acceptors (Lipinski definition) is 8. The van der Waals surface area contributed by atoms with Crippen LogP contribution in [-0.4, -0.2) is 83.1 Å². The zero-order valence-electron chi connectivity index (χ0n) is 21.9. The molecule has 1 atom stereocenters. The van der Waals surface area contributed by atoms with E-state index in [0.29, 0.717) is 54.4 Å². The van der Waals surface area contributed by atoms with E-state index in [2.05, 4.69) is 4.98 Å². The third kappa shape index (κ3) is 4.93. The average Bonchev–Trinajstić information content (AvgIpc) is 3.64. The van der Waals surface area contributed by atoms with Gasteiger partial charge in [0.1, 0.15) is 24.8 Å². The van der Waals surface area contributed by atoms with Crippen LogP contribution in [0.4, 0.5) is 11.6 Å². The van der Waals surface area contributed by atoms with Crippen LogP contribution in [0, 0.1) is 0 Å². The van der Waals surface area contributed by atoms with Crippen molar-refractivity contribution in [2.45, 2.75) is 51.3 Å². The van der Waals surface area contributed by atoms with Gasteiger partial charge in [0.15, 0.2) is 0 Å². The minimum atomic E-state index is -0.363. The molecule has 2 aromatic rings. The average molecular weight is 525 g/mol. The lowest BCUT2D eigenvalue weighted by Crippen LogP contribution is -2.50. The summed E-state index contributed by atoms with van der Waals surface area (Å²) >= 11 is 0. The summed E-state index contributed by atoms with van der Waals surface area (Å²) in [7, 11) is 3.15. The van der Waals surface area contributed by atoms with Crippen LogP contribution in [0.25, 0.3) is 0 Å². The second-order valence-electron chi connectivity index (χ2n) is 9.93. The van der Waals surface area contributed by atoms with Crippen molar-refractivity contribution in [3.63, 3.8) is 0 Å². The van der Waals surface area contributed by atoms with Crippen LogP contribution in [-0.2, 0) is 32.0 Å². The molecular formula is C26H32N6O6. The Morgan fingerprint density at radius 3 is 2.66 bits per heavy atom. The number of likely N-dealkylation sites (N-methyl/N-ethyl adjacent to an activating group) is 1. The Kier molecular flexibility index (Phi) is 7.26. The normalized spacial score (nSPS) is 18.9. The Bertz CT molecular complexity index is 1390. The molecule has 202 valence electrons. The highest BCUT2D eigenvalue weighted by Crippen LogP contribution is 2.39. The van der Waals surface area contributed by atoms with Crippen LogP contribution in [0.2, 0.25) is 0 Å². The predicted molar refractivity (Wildman–Crippen MR) is 139 cm³/mol. The standard InChI is InChI=1S/C26H32N6O6/c1-4-9-30-25(35)19-10-20(28-24(19)32(26(30)36)17-6-7-17)16-5-8-21(27-11-16)31(23(34)14-37-3)13-18-12-29(2)22(33)15-38-18/h5,8,11,17-18H,4,6-7,9-10,12-15H2,1-3H3. The van der Waals surface area contributed by atoms with Crippen LogP contribution in [0.3, 0.4) is 0 Å². The van der Waals surface area contributed by atoms with Crippen molar-refractivity contribution in [3.05, 3.63) is 50.3 Å².